The number of hydrogen-bond donors (Lipinski definition) is 2. The summed E-state index contributed by atoms with van der Waals surface area (Å²) in [5.41, 5.74) is 1.54. The van der Waals surface area contributed by atoms with Gasteiger partial charge in [0.05, 0.1) is 11.9 Å². The van der Waals surface area contributed by atoms with Gasteiger partial charge in [0, 0.05) is 31.4 Å². The molecule has 0 unspecified atom stereocenters. The molecule has 0 radical (unpaired) electrons. The summed E-state index contributed by atoms with van der Waals surface area (Å²) in [6, 6.07) is 3.98. The van der Waals surface area contributed by atoms with Crippen LogP contribution in [0, 0.1) is 11.6 Å². The number of nitrogens with one attached hydrogen (secondary N) is 2. The number of ether oxygens (including phenoxy) is 1. The second-order valence-corrected chi connectivity index (χ2v) is 7.93. The number of hydrogen-bond acceptors (Lipinski definition) is 6. The molecule has 7 nitrogen and oxygen atoms in total. The molecule has 1 saturated heterocycles. The smallest absolute Gasteiger partial charge is 0.224 e. The Balaban J connectivity index is 1.51. The van der Waals surface area contributed by atoms with Gasteiger partial charge < -0.3 is 15.4 Å². The van der Waals surface area contributed by atoms with Crippen molar-refractivity contribution in [2.45, 2.75) is 50.6 Å². The summed E-state index contributed by atoms with van der Waals surface area (Å²) >= 11 is 0. The Labute approximate surface area is 172 Å². The van der Waals surface area contributed by atoms with Gasteiger partial charge in [-0.3, -0.25) is 4.57 Å². The molecule has 1 saturated carbocycles. The van der Waals surface area contributed by atoms with Gasteiger partial charge in [-0.15, -0.1) is 0 Å². The number of benzene rings is 1. The van der Waals surface area contributed by atoms with Crippen LogP contribution in [0.2, 0.25) is 0 Å². The van der Waals surface area contributed by atoms with Crippen LogP contribution in [0.15, 0.2) is 24.4 Å². The number of halogens is 2. The van der Waals surface area contributed by atoms with Crippen molar-refractivity contribution >= 4 is 28.7 Å². The molecule has 2 aliphatic rings. The van der Waals surface area contributed by atoms with Gasteiger partial charge >= 0.3 is 0 Å². The van der Waals surface area contributed by atoms with Gasteiger partial charge in [0.15, 0.2) is 5.65 Å². The van der Waals surface area contributed by atoms with Gasteiger partial charge in [0.1, 0.15) is 17.2 Å². The fraction of sp³-hybridized carbons (Fsp3) is 0.476. The van der Waals surface area contributed by atoms with Crippen LogP contribution in [-0.2, 0) is 4.74 Å². The van der Waals surface area contributed by atoms with E-state index in [1.807, 2.05) is 4.57 Å². The monoisotopic (exact) mass is 414 g/mol. The molecule has 1 aliphatic carbocycles. The molecule has 0 bridgehead atoms. The van der Waals surface area contributed by atoms with Crippen LogP contribution in [0.25, 0.3) is 11.2 Å². The molecular formula is C21H24F2N6O. The maximum Gasteiger partial charge on any atom is 0.224 e. The summed E-state index contributed by atoms with van der Waals surface area (Å²) in [4.78, 5) is 13.8. The maximum absolute atomic E-state index is 14.2. The van der Waals surface area contributed by atoms with Gasteiger partial charge in [0.2, 0.25) is 11.9 Å². The van der Waals surface area contributed by atoms with Crippen molar-refractivity contribution in [3.05, 3.63) is 36.0 Å². The quantitative estimate of drug-likeness (QED) is 0.638. The molecule has 0 atom stereocenters. The zero-order chi connectivity index (χ0) is 20.5. The van der Waals surface area contributed by atoms with Gasteiger partial charge in [-0.25, -0.2) is 18.7 Å². The van der Waals surface area contributed by atoms with Crippen LogP contribution in [0.1, 0.15) is 44.6 Å². The average molecular weight is 414 g/mol. The number of aromatic nitrogens is 4. The van der Waals surface area contributed by atoms with E-state index in [-0.39, 0.29) is 17.8 Å². The van der Waals surface area contributed by atoms with Crippen molar-refractivity contribution in [2.75, 3.05) is 23.8 Å². The minimum Gasteiger partial charge on any atom is -0.381 e. The second kappa shape index (κ2) is 8.14. The topological polar surface area (TPSA) is 76.9 Å². The zero-order valence-corrected chi connectivity index (χ0v) is 16.6. The molecule has 2 N–H and O–H groups in total. The van der Waals surface area contributed by atoms with Crippen LogP contribution in [0.3, 0.4) is 0 Å². The van der Waals surface area contributed by atoms with Crippen LogP contribution in [0.4, 0.5) is 26.4 Å². The molecule has 3 heterocycles. The molecule has 30 heavy (non-hydrogen) atoms. The predicted octanol–water partition coefficient (Wildman–Crippen LogP) is 4.55. The Morgan fingerprint density at radius 3 is 2.60 bits per heavy atom. The third-order valence-electron chi connectivity index (χ3n) is 5.85. The highest BCUT2D eigenvalue weighted by atomic mass is 19.1. The first-order valence-corrected chi connectivity index (χ1v) is 10.5. The van der Waals surface area contributed by atoms with E-state index >= 15 is 0 Å². The van der Waals surface area contributed by atoms with Crippen molar-refractivity contribution in [3.8, 4) is 0 Å². The second-order valence-electron chi connectivity index (χ2n) is 7.93. The van der Waals surface area contributed by atoms with Crippen LogP contribution in [0.5, 0.6) is 0 Å². The van der Waals surface area contributed by atoms with E-state index in [0.29, 0.717) is 17.4 Å². The Kier molecular flexibility index (Phi) is 5.20. The Hall–Kier alpha value is -2.81. The normalized spacial score (nSPS) is 18.2. The lowest BCUT2D eigenvalue weighted by Gasteiger charge is -2.23. The molecule has 0 amide bonds. The minimum atomic E-state index is -0.659. The molecule has 1 aromatic carbocycles. The fourth-order valence-corrected chi connectivity index (χ4v) is 4.29. The van der Waals surface area contributed by atoms with Gasteiger partial charge in [-0.05, 0) is 37.8 Å². The zero-order valence-electron chi connectivity index (χ0n) is 16.6. The van der Waals surface area contributed by atoms with Crippen molar-refractivity contribution in [3.63, 3.8) is 0 Å². The molecule has 1 aliphatic heterocycles. The SMILES string of the molecule is Fc1ccc(Nc2nc3cnc(NC4CCOCC4)nc3n2C2CCCC2)c(F)c1. The molecular weight excluding hydrogens is 390 g/mol. The summed E-state index contributed by atoms with van der Waals surface area (Å²) in [6.45, 7) is 1.47. The molecule has 3 aromatic rings. The third kappa shape index (κ3) is 3.81. The molecule has 5 rings (SSSR count). The summed E-state index contributed by atoms with van der Waals surface area (Å²) in [6.07, 6.45) is 7.82. The van der Waals surface area contributed by atoms with E-state index in [1.54, 1.807) is 6.20 Å². The average Bonchev–Trinajstić information content (AvgIpc) is 3.38. The number of nitrogens with zero attached hydrogens (tertiary/aromatic N) is 4. The minimum absolute atomic E-state index is 0.180. The number of imidazole rings is 1. The Morgan fingerprint density at radius 2 is 1.83 bits per heavy atom. The van der Waals surface area contributed by atoms with Crippen molar-refractivity contribution in [1.29, 1.82) is 0 Å². The predicted molar refractivity (Wildman–Crippen MR) is 110 cm³/mol. The van der Waals surface area contributed by atoms with Crippen LogP contribution < -0.4 is 10.6 Å². The Morgan fingerprint density at radius 1 is 1.03 bits per heavy atom. The summed E-state index contributed by atoms with van der Waals surface area (Å²) < 4.78 is 35.0. The molecule has 158 valence electrons. The number of fused-ring (bicyclic) bond motifs is 1. The lowest BCUT2D eigenvalue weighted by molar-refractivity contribution is 0.0903. The maximum atomic E-state index is 14.2. The van der Waals surface area contributed by atoms with E-state index in [0.717, 1.165) is 63.5 Å². The summed E-state index contributed by atoms with van der Waals surface area (Å²) in [5.74, 6) is -0.210. The van der Waals surface area contributed by atoms with Gasteiger partial charge in [-0.2, -0.15) is 4.98 Å². The third-order valence-corrected chi connectivity index (χ3v) is 5.85. The van der Waals surface area contributed by atoms with Crippen molar-refractivity contribution in [1.82, 2.24) is 19.5 Å². The molecule has 0 spiro atoms. The molecule has 9 heteroatoms. The van der Waals surface area contributed by atoms with Gasteiger partial charge in [-0.1, -0.05) is 12.8 Å². The first kappa shape index (κ1) is 19.2. The first-order chi connectivity index (χ1) is 14.7. The number of rotatable bonds is 5. The standard InChI is InChI=1S/C21H24F2N6O/c22-13-5-6-17(16(23)11-13)26-21-27-18-12-24-20(25-14-7-9-30-10-8-14)28-19(18)29(21)15-3-1-2-4-15/h5-6,11-12,14-15H,1-4,7-10H2,(H,26,27)(H,24,25,28). The summed E-state index contributed by atoms with van der Waals surface area (Å²) in [5, 5.41) is 6.44. The highest BCUT2D eigenvalue weighted by molar-refractivity contribution is 5.76. The Bertz CT molecular complexity index is 1040. The largest absolute Gasteiger partial charge is 0.381 e. The van der Waals surface area contributed by atoms with E-state index in [4.69, 9.17) is 9.72 Å². The van der Waals surface area contributed by atoms with Gasteiger partial charge in [0.25, 0.3) is 0 Å². The van der Waals surface area contributed by atoms with E-state index in [2.05, 4.69) is 20.6 Å². The van der Waals surface area contributed by atoms with E-state index < -0.39 is 11.6 Å². The number of anilines is 3. The first-order valence-electron chi connectivity index (χ1n) is 10.5. The highest BCUT2D eigenvalue weighted by Gasteiger charge is 2.25. The lowest BCUT2D eigenvalue weighted by atomic mass is 10.1. The van der Waals surface area contributed by atoms with E-state index in [9.17, 15) is 8.78 Å². The van der Waals surface area contributed by atoms with Crippen LogP contribution in [-0.4, -0.2) is 38.8 Å². The van der Waals surface area contributed by atoms with Crippen LogP contribution >= 0.6 is 0 Å². The van der Waals surface area contributed by atoms with Crippen molar-refractivity contribution < 1.29 is 13.5 Å². The summed E-state index contributed by atoms with van der Waals surface area (Å²) in [7, 11) is 0. The lowest BCUT2D eigenvalue weighted by Crippen LogP contribution is -2.28. The van der Waals surface area contributed by atoms with Crippen molar-refractivity contribution in [2.24, 2.45) is 0 Å². The fourth-order valence-electron chi connectivity index (χ4n) is 4.29. The molecule has 2 aromatic heterocycles. The van der Waals surface area contributed by atoms with E-state index in [1.165, 1.54) is 12.1 Å². The molecule has 2 fully saturated rings. The highest BCUT2D eigenvalue weighted by Crippen LogP contribution is 2.36.